The molecule has 186 valence electrons. The molecule has 7 nitrogen and oxygen atoms in total. The van der Waals surface area contributed by atoms with E-state index >= 15 is 0 Å². The van der Waals surface area contributed by atoms with Gasteiger partial charge in [-0.2, -0.15) is 5.10 Å². The van der Waals surface area contributed by atoms with Gasteiger partial charge in [0.2, 0.25) is 5.88 Å². The normalized spacial score (nSPS) is 14.9. The van der Waals surface area contributed by atoms with Gasteiger partial charge < -0.3 is 9.47 Å². The monoisotopic (exact) mass is 497 g/mol. The fourth-order valence-electron chi connectivity index (χ4n) is 4.25. The highest BCUT2D eigenvalue weighted by atomic mass is 19.1. The van der Waals surface area contributed by atoms with Crippen LogP contribution < -0.4 is 9.47 Å². The van der Waals surface area contributed by atoms with Gasteiger partial charge in [-0.15, -0.1) is 0 Å². The Hall–Kier alpha value is -4.59. The van der Waals surface area contributed by atoms with Crippen molar-refractivity contribution in [2.45, 2.75) is 19.4 Å². The van der Waals surface area contributed by atoms with Crippen LogP contribution in [0.25, 0.3) is 10.9 Å². The van der Waals surface area contributed by atoms with Gasteiger partial charge in [-0.05, 0) is 37.3 Å². The van der Waals surface area contributed by atoms with Crippen LogP contribution in [0.5, 0.6) is 11.6 Å². The van der Waals surface area contributed by atoms with Gasteiger partial charge in [0.05, 0.1) is 11.2 Å². The average molecular weight is 498 g/mol. The molecule has 0 amide bonds. The first kappa shape index (κ1) is 24.1. The van der Waals surface area contributed by atoms with Gasteiger partial charge in [0.25, 0.3) is 0 Å². The number of ketones is 2. The number of halogens is 1. The minimum atomic E-state index is -0.738. The second-order valence-corrected chi connectivity index (χ2v) is 8.66. The van der Waals surface area contributed by atoms with Gasteiger partial charge in [-0.1, -0.05) is 42.5 Å². The van der Waals surface area contributed by atoms with E-state index in [9.17, 15) is 14.0 Å². The van der Waals surface area contributed by atoms with Gasteiger partial charge in [-0.25, -0.2) is 9.07 Å². The third kappa shape index (κ3) is 4.91. The lowest BCUT2D eigenvalue weighted by atomic mass is 10.0. The smallest absolute Gasteiger partial charge is 0.223 e. The number of fused-ring (bicyclic) bond motifs is 1. The third-order valence-electron chi connectivity index (χ3n) is 6.11. The van der Waals surface area contributed by atoms with E-state index < -0.39 is 6.10 Å². The summed E-state index contributed by atoms with van der Waals surface area (Å²) in [6.07, 6.45) is 6.11. The lowest BCUT2D eigenvalue weighted by molar-refractivity contribution is 0.0908. The van der Waals surface area contributed by atoms with Gasteiger partial charge >= 0.3 is 0 Å². The summed E-state index contributed by atoms with van der Waals surface area (Å²) >= 11 is 0. The topological polar surface area (TPSA) is 83.3 Å². The Bertz CT molecular complexity index is 1560. The summed E-state index contributed by atoms with van der Waals surface area (Å²) in [5, 5.41) is 4.92. The molecule has 2 heterocycles. The molecule has 0 spiro atoms. The largest absolute Gasteiger partial charge is 0.482 e. The molecule has 0 saturated carbocycles. The number of allylic oxidation sites excluding steroid dienone is 2. The van der Waals surface area contributed by atoms with Crippen LogP contribution in [-0.2, 0) is 7.05 Å². The summed E-state index contributed by atoms with van der Waals surface area (Å²) in [7, 11) is 1.66. The molecule has 1 unspecified atom stereocenters. The van der Waals surface area contributed by atoms with Crippen molar-refractivity contribution in [3.8, 4) is 11.6 Å². The van der Waals surface area contributed by atoms with Crippen molar-refractivity contribution in [3.05, 3.63) is 107 Å². The molecular weight excluding hydrogens is 473 g/mol. The average Bonchev–Trinajstić information content (AvgIpc) is 3.20. The molecule has 1 atom stereocenters. The Labute approximate surface area is 212 Å². The number of pyridine rings is 1. The van der Waals surface area contributed by atoms with E-state index in [1.165, 1.54) is 10.8 Å². The van der Waals surface area contributed by atoms with E-state index in [1.807, 2.05) is 12.1 Å². The molecule has 1 aliphatic rings. The van der Waals surface area contributed by atoms with E-state index in [-0.39, 0.29) is 35.4 Å². The molecule has 1 aliphatic carbocycles. The second kappa shape index (κ2) is 10.2. The lowest BCUT2D eigenvalue weighted by Crippen LogP contribution is -2.18. The standard InChI is InChI=1S/C29H24FN3O4/c1-18-27(29(33(2)32-18)36-17-24(34)19-8-4-3-5-9-19)28(35)20-12-13-23-21(16-20)25(14-15-31-23)37-26-11-7-6-10-22(26)30/h3-10,12-16,26H,11,17H2,1-2H3. The van der Waals surface area contributed by atoms with Crippen molar-refractivity contribution in [2.24, 2.45) is 7.05 Å². The van der Waals surface area contributed by atoms with Crippen molar-refractivity contribution in [3.63, 3.8) is 0 Å². The van der Waals surface area contributed by atoms with E-state index in [4.69, 9.17) is 9.47 Å². The maximum absolute atomic E-state index is 14.3. The summed E-state index contributed by atoms with van der Waals surface area (Å²) in [6.45, 7) is 1.47. The van der Waals surface area contributed by atoms with Gasteiger partial charge in [-0.3, -0.25) is 14.6 Å². The predicted octanol–water partition coefficient (Wildman–Crippen LogP) is 5.33. The number of hydrogen-bond acceptors (Lipinski definition) is 6. The molecule has 5 rings (SSSR count). The van der Waals surface area contributed by atoms with Crippen molar-refractivity contribution < 1.29 is 23.5 Å². The molecule has 8 heteroatoms. The van der Waals surface area contributed by atoms with Crippen LogP contribution in [0, 0.1) is 6.92 Å². The number of benzene rings is 2. The summed E-state index contributed by atoms with van der Waals surface area (Å²) in [5.41, 5.74) is 2.22. The number of aryl methyl sites for hydroxylation is 2. The first-order chi connectivity index (χ1) is 17.9. The summed E-state index contributed by atoms with van der Waals surface area (Å²) in [5.74, 6) is -0.268. The van der Waals surface area contributed by atoms with E-state index in [1.54, 1.807) is 74.8 Å². The van der Waals surface area contributed by atoms with Crippen LogP contribution in [0.2, 0.25) is 0 Å². The number of nitrogens with zero attached hydrogens (tertiary/aromatic N) is 3. The molecule has 37 heavy (non-hydrogen) atoms. The number of Topliss-reactive ketones (excluding diaryl/α,β-unsaturated/α-hetero) is 1. The van der Waals surface area contributed by atoms with E-state index in [0.29, 0.717) is 39.9 Å². The summed E-state index contributed by atoms with van der Waals surface area (Å²) < 4.78 is 27.5. The van der Waals surface area contributed by atoms with Crippen LogP contribution in [0.3, 0.4) is 0 Å². The molecule has 2 aromatic heterocycles. The van der Waals surface area contributed by atoms with Crippen LogP contribution in [0.4, 0.5) is 4.39 Å². The Balaban J connectivity index is 1.44. The van der Waals surface area contributed by atoms with Gasteiger partial charge in [0.1, 0.15) is 17.1 Å². The first-order valence-corrected chi connectivity index (χ1v) is 11.8. The second-order valence-electron chi connectivity index (χ2n) is 8.66. The molecule has 0 fully saturated rings. The predicted molar refractivity (Wildman–Crippen MR) is 137 cm³/mol. The highest BCUT2D eigenvalue weighted by Gasteiger charge is 2.25. The van der Waals surface area contributed by atoms with Crippen LogP contribution >= 0.6 is 0 Å². The summed E-state index contributed by atoms with van der Waals surface area (Å²) in [4.78, 5) is 30.6. The fraction of sp³-hybridized carbons (Fsp3) is 0.172. The minimum absolute atomic E-state index is 0.204. The molecule has 0 aliphatic heterocycles. The Morgan fingerprint density at radius 2 is 1.92 bits per heavy atom. The number of carbonyl (C=O) groups is 2. The number of carbonyl (C=O) groups excluding carboxylic acids is 2. The zero-order valence-electron chi connectivity index (χ0n) is 20.3. The van der Waals surface area contributed by atoms with E-state index in [0.717, 1.165) is 0 Å². The zero-order valence-corrected chi connectivity index (χ0v) is 20.3. The van der Waals surface area contributed by atoms with Crippen LogP contribution in [0.15, 0.2) is 84.8 Å². The maximum atomic E-state index is 14.3. The Morgan fingerprint density at radius 3 is 2.70 bits per heavy atom. The Morgan fingerprint density at radius 1 is 1.11 bits per heavy atom. The van der Waals surface area contributed by atoms with Crippen molar-refractivity contribution in [1.29, 1.82) is 0 Å². The number of rotatable bonds is 8. The van der Waals surface area contributed by atoms with Gasteiger partial charge in [0, 0.05) is 36.2 Å². The van der Waals surface area contributed by atoms with Crippen LogP contribution in [0.1, 0.15) is 38.4 Å². The third-order valence-corrected chi connectivity index (χ3v) is 6.11. The molecule has 0 radical (unpaired) electrons. The molecule has 4 aromatic rings. The molecule has 0 N–H and O–H groups in total. The quantitative estimate of drug-likeness (QED) is 0.306. The highest BCUT2D eigenvalue weighted by molar-refractivity contribution is 6.13. The minimum Gasteiger partial charge on any atom is -0.482 e. The number of ether oxygens (including phenoxy) is 2. The first-order valence-electron chi connectivity index (χ1n) is 11.8. The molecule has 0 bridgehead atoms. The lowest BCUT2D eigenvalue weighted by Gasteiger charge is -2.19. The fourth-order valence-corrected chi connectivity index (χ4v) is 4.25. The van der Waals surface area contributed by atoms with E-state index in [2.05, 4.69) is 10.1 Å². The number of hydrogen-bond donors (Lipinski definition) is 0. The molecule has 0 saturated heterocycles. The number of aromatic nitrogens is 3. The zero-order chi connectivity index (χ0) is 25.9. The molecule has 2 aromatic carbocycles. The molecular formula is C29H24FN3O4. The van der Waals surface area contributed by atoms with Gasteiger partial charge in [0.15, 0.2) is 24.3 Å². The Kier molecular flexibility index (Phi) is 6.64. The summed E-state index contributed by atoms with van der Waals surface area (Å²) in [6, 6.07) is 15.5. The maximum Gasteiger partial charge on any atom is 0.223 e. The van der Waals surface area contributed by atoms with Crippen molar-refractivity contribution >= 4 is 22.5 Å². The SMILES string of the molecule is Cc1nn(C)c(OCC(=O)c2ccccc2)c1C(=O)c1ccc2nccc(OC3CC=CC=C3F)c2c1. The highest BCUT2D eigenvalue weighted by Crippen LogP contribution is 2.31. The van der Waals surface area contributed by atoms with Crippen molar-refractivity contribution in [1.82, 2.24) is 14.8 Å². The van der Waals surface area contributed by atoms with Crippen LogP contribution in [-0.4, -0.2) is 39.0 Å². The van der Waals surface area contributed by atoms with Crippen molar-refractivity contribution in [2.75, 3.05) is 6.61 Å².